The Bertz CT molecular complexity index is 705. The second-order valence-electron chi connectivity index (χ2n) is 10.7. The smallest absolute Gasteiger partial charge is 0.0404 e. The third kappa shape index (κ3) is 5.49. The normalized spacial score (nSPS) is 23.6. The van der Waals surface area contributed by atoms with Crippen molar-refractivity contribution in [3.05, 3.63) is 23.8 Å². The van der Waals surface area contributed by atoms with Gasteiger partial charge in [0, 0.05) is 55.5 Å². The molecule has 3 fully saturated rings. The average Bonchev–Trinajstić information content (AvgIpc) is 2.85. The number of piperidine rings is 1. The summed E-state index contributed by atoms with van der Waals surface area (Å²) in [4.78, 5) is 8.69. The molecule has 0 N–H and O–H groups in total. The highest BCUT2D eigenvalue weighted by molar-refractivity contribution is 9.09. The Morgan fingerprint density at radius 3 is 2.09 bits per heavy atom. The maximum atomic E-state index is 3.83. The van der Waals surface area contributed by atoms with Crippen LogP contribution in [0, 0.1) is 5.41 Å². The fourth-order valence-corrected chi connectivity index (χ4v) is 6.90. The zero-order valence-electron chi connectivity index (χ0n) is 20.9. The summed E-state index contributed by atoms with van der Waals surface area (Å²) in [7, 11) is 0. The van der Waals surface area contributed by atoms with Crippen LogP contribution < -0.4 is 9.80 Å². The van der Waals surface area contributed by atoms with E-state index in [1.165, 1.54) is 109 Å². The molecule has 2 saturated heterocycles. The molecule has 1 aromatic rings. The number of hydrogen-bond donors (Lipinski definition) is 0. The van der Waals surface area contributed by atoms with Gasteiger partial charge in [-0.05, 0) is 86.6 Å². The predicted octanol–water partition coefficient (Wildman–Crippen LogP) is 7.05. The monoisotopic (exact) mass is 503 g/mol. The summed E-state index contributed by atoms with van der Waals surface area (Å²) < 4.78 is 0. The van der Waals surface area contributed by atoms with Gasteiger partial charge in [0.05, 0.1) is 0 Å². The summed E-state index contributed by atoms with van der Waals surface area (Å²) in [5.74, 6) is 0.735. The highest BCUT2D eigenvalue weighted by Gasteiger charge is 2.34. The Morgan fingerprint density at radius 2 is 1.50 bits per heavy atom. The third-order valence-corrected chi connectivity index (χ3v) is 9.96. The van der Waals surface area contributed by atoms with Crippen LogP contribution >= 0.6 is 15.9 Å². The summed E-state index contributed by atoms with van der Waals surface area (Å²) in [6.07, 6.45) is 12.1. The number of halogens is 1. The first-order valence-electron chi connectivity index (χ1n) is 13.6. The molecule has 3 nitrogen and oxygen atoms in total. The van der Waals surface area contributed by atoms with Crippen molar-refractivity contribution in [2.75, 3.05) is 55.6 Å². The minimum atomic E-state index is 0.609. The van der Waals surface area contributed by atoms with Crippen molar-refractivity contribution in [1.82, 2.24) is 4.90 Å². The largest absolute Gasteiger partial charge is 0.371 e. The van der Waals surface area contributed by atoms with Gasteiger partial charge in [-0.1, -0.05) is 49.5 Å². The Kier molecular flexibility index (Phi) is 8.48. The van der Waals surface area contributed by atoms with E-state index < -0.39 is 0 Å². The molecule has 1 aromatic carbocycles. The van der Waals surface area contributed by atoms with Crippen LogP contribution in [0.3, 0.4) is 0 Å². The van der Waals surface area contributed by atoms with E-state index in [2.05, 4.69) is 69.6 Å². The van der Waals surface area contributed by atoms with Gasteiger partial charge in [-0.15, -0.1) is 0 Å². The first kappa shape index (κ1) is 24.4. The lowest BCUT2D eigenvalue weighted by Gasteiger charge is -2.42. The fourth-order valence-electron chi connectivity index (χ4n) is 6.49. The molecular formula is C28H46BrN3. The molecule has 32 heavy (non-hydrogen) atoms. The van der Waals surface area contributed by atoms with Crippen LogP contribution in [0.25, 0.3) is 0 Å². The standard InChI is InChI=1S/C28H46BrN3/c1-4-15-30-18-20-32(21-19-30)27-8-7-25(31-16-11-24(29)12-17-31)22-26(27)23-9-13-28(5-2,6-3)14-10-23/h7-8,22-24H,4-6,9-21H2,1-3H3. The van der Waals surface area contributed by atoms with Crippen molar-refractivity contribution in [2.45, 2.75) is 89.3 Å². The summed E-state index contributed by atoms with van der Waals surface area (Å²) in [5.41, 5.74) is 5.28. The molecule has 2 heterocycles. The first-order valence-corrected chi connectivity index (χ1v) is 14.5. The van der Waals surface area contributed by atoms with Crippen LogP contribution in [0.4, 0.5) is 11.4 Å². The quantitative estimate of drug-likeness (QED) is 0.369. The molecule has 0 unspecified atom stereocenters. The van der Waals surface area contributed by atoms with Crippen molar-refractivity contribution in [3.63, 3.8) is 0 Å². The highest BCUT2D eigenvalue weighted by Crippen LogP contribution is 2.49. The van der Waals surface area contributed by atoms with Crippen molar-refractivity contribution in [2.24, 2.45) is 5.41 Å². The summed E-state index contributed by atoms with van der Waals surface area (Å²) in [6.45, 7) is 15.6. The zero-order chi connectivity index (χ0) is 22.6. The van der Waals surface area contributed by atoms with Gasteiger partial charge in [0.1, 0.15) is 0 Å². The van der Waals surface area contributed by atoms with E-state index in [0.717, 1.165) is 5.92 Å². The molecule has 180 valence electrons. The topological polar surface area (TPSA) is 9.72 Å². The predicted molar refractivity (Wildman–Crippen MR) is 144 cm³/mol. The van der Waals surface area contributed by atoms with E-state index in [1.54, 1.807) is 11.3 Å². The van der Waals surface area contributed by atoms with E-state index in [4.69, 9.17) is 0 Å². The second-order valence-corrected chi connectivity index (χ2v) is 12.0. The first-order chi connectivity index (χ1) is 15.6. The molecule has 1 saturated carbocycles. The van der Waals surface area contributed by atoms with E-state index in [0.29, 0.717) is 10.2 Å². The Labute approximate surface area is 206 Å². The van der Waals surface area contributed by atoms with E-state index in [1.807, 2.05) is 0 Å². The summed E-state index contributed by atoms with van der Waals surface area (Å²) >= 11 is 3.83. The molecule has 0 amide bonds. The maximum absolute atomic E-state index is 3.83. The zero-order valence-corrected chi connectivity index (χ0v) is 22.5. The van der Waals surface area contributed by atoms with Crippen LogP contribution in [0.2, 0.25) is 0 Å². The highest BCUT2D eigenvalue weighted by atomic mass is 79.9. The Morgan fingerprint density at radius 1 is 0.844 bits per heavy atom. The van der Waals surface area contributed by atoms with Crippen LogP contribution in [0.5, 0.6) is 0 Å². The van der Waals surface area contributed by atoms with Gasteiger partial charge in [-0.25, -0.2) is 0 Å². The van der Waals surface area contributed by atoms with Crippen molar-refractivity contribution >= 4 is 27.3 Å². The molecule has 0 radical (unpaired) electrons. The molecule has 0 atom stereocenters. The molecule has 4 rings (SSSR count). The molecule has 0 spiro atoms. The minimum absolute atomic E-state index is 0.609. The molecule has 0 aromatic heterocycles. The number of hydrogen-bond acceptors (Lipinski definition) is 3. The Hall–Kier alpha value is -0.740. The lowest BCUT2D eigenvalue weighted by Crippen LogP contribution is -2.47. The number of benzene rings is 1. The van der Waals surface area contributed by atoms with Gasteiger partial charge < -0.3 is 9.80 Å². The number of anilines is 2. The fraction of sp³-hybridized carbons (Fsp3) is 0.786. The van der Waals surface area contributed by atoms with Crippen molar-refractivity contribution in [1.29, 1.82) is 0 Å². The molecular weight excluding hydrogens is 458 g/mol. The van der Waals surface area contributed by atoms with E-state index in [-0.39, 0.29) is 0 Å². The summed E-state index contributed by atoms with van der Waals surface area (Å²) in [5, 5.41) is 0. The van der Waals surface area contributed by atoms with E-state index >= 15 is 0 Å². The van der Waals surface area contributed by atoms with Crippen LogP contribution in [-0.4, -0.2) is 55.5 Å². The maximum Gasteiger partial charge on any atom is 0.0404 e. The van der Waals surface area contributed by atoms with Gasteiger partial charge in [0.25, 0.3) is 0 Å². The molecule has 1 aliphatic carbocycles. The van der Waals surface area contributed by atoms with Crippen molar-refractivity contribution in [3.8, 4) is 0 Å². The van der Waals surface area contributed by atoms with Gasteiger partial charge in [0.2, 0.25) is 0 Å². The van der Waals surface area contributed by atoms with Gasteiger partial charge in [-0.3, -0.25) is 4.90 Å². The lowest BCUT2D eigenvalue weighted by molar-refractivity contribution is 0.159. The van der Waals surface area contributed by atoms with Gasteiger partial charge in [0.15, 0.2) is 0 Å². The van der Waals surface area contributed by atoms with E-state index in [9.17, 15) is 0 Å². The average molecular weight is 505 g/mol. The molecule has 0 bridgehead atoms. The third-order valence-electron chi connectivity index (χ3n) is 9.04. The lowest BCUT2D eigenvalue weighted by atomic mass is 9.66. The second kappa shape index (κ2) is 11.1. The number of rotatable bonds is 7. The molecule has 3 aliphatic rings. The van der Waals surface area contributed by atoms with Gasteiger partial charge >= 0.3 is 0 Å². The van der Waals surface area contributed by atoms with Crippen LogP contribution in [0.15, 0.2) is 18.2 Å². The molecule has 2 aliphatic heterocycles. The van der Waals surface area contributed by atoms with Crippen molar-refractivity contribution < 1.29 is 0 Å². The number of piperazine rings is 1. The van der Waals surface area contributed by atoms with Gasteiger partial charge in [-0.2, -0.15) is 0 Å². The van der Waals surface area contributed by atoms with Crippen LogP contribution in [0.1, 0.15) is 90.0 Å². The summed E-state index contributed by atoms with van der Waals surface area (Å²) in [6, 6.07) is 7.52. The number of nitrogens with zero attached hydrogens (tertiary/aromatic N) is 3. The SMILES string of the molecule is CCCN1CCN(c2ccc(N3CCC(Br)CC3)cc2C2CCC(CC)(CC)CC2)CC1. The molecule has 4 heteroatoms. The number of alkyl halides is 1. The minimum Gasteiger partial charge on any atom is -0.371 e. The Balaban J connectivity index is 1.55. The van der Waals surface area contributed by atoms with Crippen LogP contribution in [-0.2, 0) is 0 Å².